The van der Waals surface area contributed by atoms with Gasteiger partial charge in [0, 0.05) is 13.0 Å². The fourth-order valence-electron chi connectivity index (χ4n) is 4.19. The van der Waals surface area contributed by atoms with Gasteiger partial charge in [-0.25, -0.2) is 0 Å². The topological polar surface area (TPSA) is 50.4 Å². The zero-order valence-electron chi connectivity index (χ0n) is 15.5. The van der Waals surface area contributed by atoms with Gasteiger partial charge in [-0.3, -0.25) is 4.79 Å². The lowest BCUT2D eigenvalue weighted by Gasteiger charge is -2.45. The minimum Gasteiger partial charge on any atom is -0.487 e. The zero-order valence-corrected chi connectivity index (χ0v) is 15.5. The summed E-state index contributed by atoms with van der Waals surface area (Å²) in [5.41, 5.74) is 1.33. The van der Waals surface area contributed by atoms with E-state index in [0.29, 0.717) is 12.3 Å². The molecule has 1 aromatic rings. The molecule has 1 aromatic carbocycles. The highest BCUT2D eigenvalue weighted by Crippen LogP contribution is 2.46. The molecule has 0 aliphatic carbocycles. The third-order valence-corrected chi connectivity index (χ3v) is 5.63. The Morgan fingerprint density at radius 2 is 2.08 bits per heavy atom. The number of carbonyl (C=O) groups excluding carboxylic acids is 1. The molecular weight excluding hydrogens is 312 g/mol. The number of carbonyl (C=O) groups is 1. The van der Waals surface area contributed by atoms with Crippen LogP contribution in [0.15, 0.2) is 24.3 Å². The Morgan fingerprint density at radius 1 is 1.28 bits per heavy atom. The zero-order chi connectivity index (χ0) is 17.5. The van der Waals surface area contributed by atoms with Crippen molar-refractivity contribution >= 4 is 5.91 Å². The molecule has 2 heterocycles. The second-order valence-corrected chi connectivity index (χ2v) is 7.57. The predicted octanol–water partition coefficient (Wildman–Crippen LogP) is 3.76. The van der Waals surface area contributed by atoms with Gasteiger partial charge in [0.1, 0.15) is 11.4 Å². The summed E-state index contributed by atoms with van der Waals surface area (Å²) in [5.74, 6) is 1.77. The van der Waals surface area contributed by atoms with Crippen molar-refractivity contribution in [2.75, 3.05) is 19.6 Å². The summed E-state index contributed by atoms with van der Waals surface area (Å²) in [4.78, 5) is 12.0. The number of benzene rings is 1. The van der Waals surface area contributed by atoms with Gasteiger partial charge in [0.05, 0.1) is 0 Å². The fraction of sp³-hybridized carbons (Fsp3) is 0.667. The van der Waals surface area contributed by atoms with Gasteiger partial charge in [0.25, 0.3) is 0 Å². The maximum Gasteiger partial charge on any atom is 0.219 e. The number of para-hydroxylation sites is 1. The highest BCUT2D eigenvalue weighted by atomic mass is 16.5. The van der Waals surface area contributed by atoms with Crippen LogP contribution in [0.4, 0.5) is 0 Å². The molecule has 2 aliphatic heterocycles. The second-order valence-electron chi connectivity index (χ2n) is 7.57. The van der Waals surface area contributed by atoms with Crippen LogP contribution in [0, 0.1) is 0 Å². The summed E-state index contributed by atoms with van der Waals surface area (Å²) in [5, 5.41) is 6.47. The molecule has 3 rings (SSSR count). The van der Waals surface area contributed by atoms with E-state index in [1.54, 1.807) is 0 Å². The van der Waals surface area contributed by atoms with Crippen LogP contribution in [-0.2, 0) is 4.79 Å². The number of unbranched alkanes of at least 4 members (excludes halogenated alkanes) is 1. The summed E-state index contributed by atoms with van der Waals surface area (Å²) in [6.45, 7) is 5.03. The van der Waals surface area contributed by atoms with E-state index in [1.165, 1.54) is 5.56 Å². The molecule has 2 aliphatic rings. The Kier molecular flexibility index (Phi) is 6.35. The van der Waals surface area contributed by atoms with Crippen molar-refractivity contribution in [3.05, 3.63) is 29.8 Å². The van der Waals surface area contributed by atoms with E-state index in [-0.39, 0.29) is 11.5 Å². The SMILES string of the molecule is CCCCNC(=O)CCCC1CC2(CCNCC2)Oc2ccccc21. The number of ether oxygens (including phenoxy) is 1. The molecule has 0 radical (unpaired) electrons. The number of hydrogen-bond donors (Lipinski definition) is 2. The first-order chi connectivity index (χ1) is 12.2. The smallest absolute Gasteiger partial charge is 0.219 e. The van der Waals surface area contributed by atoms with Gasteiger partial charge >= 0.3 is 0 Å². The van der Waals surface area contributed by atoms with Crippen molar-refractivity contribution in [1.29, 1.82) is 0 Å². The molecule has 1 spiro atoms. The minimum atomic E-state index is -0.00629. The summed E-state index contributed by atoms with van der Waals surface area (Å²) >= 11 is 0. The van der Waals surface area contributed by atoms with E-state index in [0.717, 1.165) is 70.3 Å². The quantitative estimate of drug-likeness (QED) is 0.741. The number of hydrogen-bond acceptors (Lipinski definition) is 3. The third-order valence-electron chi connectivity index (χ3n) is 5.63. The predicted molar refractivity (Wildman–Crippen MR) is 101 cm³/mol. The van der Waals surface area contributed by atoms with Crippen LogP contribution in [0.2, 0.25) is 0 Å². The number of fused-ring (bicyclic) bond motifs is 1. The van der Waals surface area contributed by atoms with E-state index < -0.39 is 0 Å². The van der Waals surface area contributed by atoms with Gasteiger partial charge < -0.3 is 15.4 Å². The van der Waals surface area contributed by atoms with Crippen molar-refractivity contribution in [2.45, 2.75) is 69.8 Å². The summed E-state index contributed by atoms with van der Waals surface area (Å²) in [6, 6.07) is 8.49. The molecule has 1 saturated heterocycles. The van der Waals surface area contributed by atoms with E-state index >= 15 is 0 Å². The van der Waals surface area contributed by atoms with Crippen molar-refractivity contribution in [3.8, 4) is 5.75 Å². The summed E-state index contributed by atoms with van der Waals surface area (Å²) in [6.07, 6.45) is 8.08. The van der Waals surface area contributed by atoms with Gasteiger partial charge in [-0.15, -0.1) is 0 Å². The molecule has 1 fully saturated rings. The largest absolute Gasteiger partial charge is 0.487 e. The molecule has 4 heteroatoms. The average molecular weight is 344 g/mol. The van der Waals surface area contributed by atoms with E-state index in [9.17, 15) is 4.79 Å². The Hall–Kier alpha value is -1.55. The van der Waals surface area contributed by atoms with Crippen LogP contribution in [0.25, 0.3) is 0 Å². The molecule has 25 heavy (non-hydrogen) atoms. The van der Waals surface area contributed by atoms with Crippen molar-refractivity contribution in [2.24, 2.45) is 0 Å². The summed E-state index contributed by atoms with van der Waals surface area (Å²) in [7, 11) is 0. The molecule has 0 aromatic heterocycles. The highest BCUT2D eigenvalue weighted by molar-refractivity contribution is 5.75. The Morgan fingerprint density at radius 3 is 2.88 bits per heavy atom. The first-order valence-corrected chi connectivity index (χ1v) is 9.98. The fourth-order valence-corrected chi connectivity index (χ4v) is 4.19. The number of nitrogens with one attached hydrogen (secondary N) is 2. The summed E-state index contributed by atoms with van der Waals surface area (Å²) < 4.78 is 6.46. The molecule has 0 saturated carbocycles. The molecule has 2 N–H and O–H groups in total. The molecule has 1 amide bonds. The first kappa shape index (κ1) is 18.2. The van der Waals surface area contributed by atoms with Gasteiger partial charge in [-0.2, -0.15) is 0 Å². The molecule has 1 unspecified atom stereocenters. The average Bonchev–Trinajstić information content (AvgIpc) is 2.62. The van der Waals surface area contributed by atoms with Crippen molar-refractivity contribution in [3.63, 3.8) is 0 Å². The van der Waals surface area contributed by atoms with Crippen LogP contribution in [0.5, 0.6) is 5.75 Å². The molecule has 138 valence electrons. The standard InChI is InChI=1S/C21H32N2O2/c1-2-3-13-23-20(24)10-6-7-17-16-21(11-14-22-15-12-21)25-19-9-5-4-8-18(17)19/h4-5,8-9,17,22H,2-3,6-7,10-16H2,1H3,(H,23,24). The lowest BCUT2D eigenvalue weighted by molar-refractivity contribution is -0.121. The van der Waals surface area contributed by atoms with E-state index in [2.05, 4.69) is 41.8 Å². The van der Waals surface area contributed by atoms with Gasteiger partial charge in [0.2, 0.25) is 5.91 Å². The number of piperidine rings is 1. The van der Waals surface area contributed by atoms with Crippen LogP contribution in [-0.4, -0.2) is 31.1 Å². The highest BCUT2D eigenvalue weighted by Gasteiger charge is 2.41. The third kappa shape index (κ3) is 4.75. The van der Waals surface area contributed by atoms with E-state index in [1.807, 2.05) is 0 Å². The Balaban J connectivity index is 1.58. The van der Waals surface area contributed by atoms with Crippen LogP contribution in [0.3, 0.4) is 0 Å². The van der Waals surface area contributed by atoms with Crippen LogP contribution in [0.1, 0.15) is 69.8 Å². The number of amides is 1. The number of rotatable bonds is 7. The van der Waals surface area contributed by atoms with Crippen LogP contribution >= 0.6 is 0 Å². The molecule has 0 bridgehead atoms. The van der Waals surface area contributed by atoms with Gasteiger partial charge in [0.15, 0.2) is 0 Å². The molecule has 1 atom stereocenters. The van der Waals surface area contributed by atoms with Crippen molar-refractivity contribution < 1.29 is 9.53 Å². The van der Waals surface area contributed by atoms with Crippen molar-refractivity contribution in [1.82, 2.24) is 10.6 Å². The van der Waals surface area contributed by atoms with E-state index in [4.69, 9.17) is 4.74 Å². The van der Waals surface area contributed by atoms with Gasteiger partial charge in [-0.1, -0.05) is 31.5 Å². The Labute approximate surface area is 151 Å². The lowest BCUT2D eigenvalue weighted by atomic mass is 9.76. The van der Waals surface area contributed by atoms with Gasteiger partial charge in [-0.05, 0) is 69.2 Å². The maximum absolute atomic E-state index is 12.0. The lowest BCUT2D eigenvalue weighted by Crippen LogP contribution is -2.49. The monoisotopic (exact) mass is 344 g/mol. The first-order valence-electron chi connectivity index (χ1n) is 9.98. The Bertz CT molecular complexity index is 567. The molecule has 4 nitrogen and oxygen atoms in total. The minimum absolute atomic E-state index is 0.00629. The maximum atomic E-state index is 12.0. The normalized spacial score (nSPS) is 21.4. The second kappa shape index (κ2) is 8.70. The van der Waals surface area contributed by atoms with Crippen LogP contribution < -0.4 is 15.4 Å². The molecular formula is C21H32N2O2.